The monoisotopic (exact) mass is 352 g/mol. The molecule has 0 saturated heterocycles. The first kappa shape index (κ1) is 15.0. The Labute approximate surface area is 139 Å². The van der Waals surface area contributed by atoms with Gasteiger partial charge in [0.2, 0.25) is 0 Å². The second kappa shape index (κ2) is 6.91. The van der Waals surface area contributed by atoms with Crippen LogP contribution in [0.1, 0.15) is 17.2 Å². The third kappa shape index (κ3) is 3.65. The molecular formula is C20H17BrO. The van der Waals surface area contributed by atoms with Gasteiger partial charge in [0.25, 0.3) is 0 Å². The molecule has 22 heavy (non-hydrogen) atoms. The van der Waals surface area contributed by atoms with Crippen molar-refractivity contribution in [2.45, 2.75) is 12.5 Å². The number of rotatable bonds is 4. The SMILES string of the molecule is OC(Cc1ccccc1)c1ccc(-c2ccc(Br)cc2)cc1. The lowest BCUT2D eigenvalue weighted by atomic mass is 9.98. The summed E-state index contributed by atoms with van der Waals surface area (Å²) in [5.41, 5.74) is 4.42. The zero-order valence-electron chi connectivity index (χ0n) is 12.1. The van der Waals surface area contributed by atoms with Gasteiger partial charge in [0.1, 0.15) is 0 Å². The number of aliphatic hydroxyl groups is 1. The van der Waals surface area contributed by atoms with Gasteiger partial charge in [-0.15, -0.1) is 0 Å². The van der Waals surface area contributed by atoms with Crippen LogP contribution in [-0.2, 0) is 6.42 Å². The summed E-state index contributed by atoms with van der Waals surface area (Å²) in [4.78, 5) is 0. The fourth-order valence-corrected chi connectivity index (χ4v) is 2.76. The van der Waals surface area contributed by atoms with Crippen LogP contribution in [0, 0.1) is 0 Å². The summed E-state index contributed by atoms with van der Waals surface area (Å²) in [7, 11) is 0. The third-order valence-electron chi connectivity index (χ3n) is 3.74. The molecule has 1 N–H and O–H groups in total. The van der Waals surface area contributed by atoms with Crippen molar-refractivity contribution in [2.24, 2.45) is 0 Å². The van der Waals surface area contributed by atoms with Crippen molar-refractivity contribution in [2.75, 3.05) is 0 Å². The maximum atomic E-state index is 10.4. The van der Waals surface area contributed by atoms with Gasteiger partial charge in [0.15, 0.2) is 0 Å². The van der Waals surface area contributed by atoms with Crippen LogP contribution in [-0.4, -0.2) is 5.11 Å². The van der Waals surface area contributed by atoms with Gasteiger partial charge in [-0.3, -0.25) is 0 Å². The molecule has 3 aromatic rings. The normalized spacial score (nSPS) is 12.1. The molecule has 110 valence electrons. The van der Waals surface area contributed by atoms with E-state index < -0.39 is 6.10 Å². The molecule has 0 aliphatic carbocycles. The molecule has 1 atom stereocenters. The average molecular weight is 353 g/mol. The van der Waals surface area contributed by atoms with Crippen LogP contribution in [0.5, 0.6) is 0 Å². The Balaban J connectivity index is 1.75. The first-order valence-corrected chi connectivity index (χ1v) is 8.09. The lowest BCUT2D eigenvalue weighted by molar-refractivity contribution is 0.178. The van der Waals surface area contributed by atoms with E-state index in [-0.39, 0.29) is 0 Å². The first-order chi connectivity index (χ1) is 10.7. The van der Waals surface area contributed by atoms with Gasteiger partial charge in [-0.2, -0.15) is 0 Å². The molecule has 3 rings (SSSR count). The van der Waals surface area contributed by atoms with E-state index >= 15 is 0 Å². The van der Waals surface area contributed by atoms with Gasteiger partial charge in [-0.1, -0.05) is 82.7 Å². The Morgan fingerprint density at radius 2 is 1.27 bits per heavy atom. The molecule has 0 spiro atoms. The molecule has 0 aromatic heterocycles. The van der Waals surface area contributed by atoms with Crippen LogP contribution in [0.2, 0.25) is 0 Å². The van der Waals surface area contributed by atoms with E-state index in [0.29, 0.717) is 6.42 Å². The maximum Gasteiger partial charge on any atom is 0.0830 e. The van der Waals surface area contributed by atoms with Crippen LogP contribution in [0.3, 0.4) is 0 Å². The van der Waals surface area contributed by atoms with Crippen LogP contribution >= 0.6 is 15.9 Å². The predicted molar refractivity (Wildman–Crippen MR) is 94.7 cm³/mol. The summed E-state index contributed by atoms with van der Waals surface area (Å²) in [6.45, 7) is 0. The summed E-state index contributed by atoms with van der Waals surface area (Å²) < 4.78 is 1.08. The van der Waals surface area contributed by atoms with Crippen molar-refractivity contribution >= 4 is 15.9 Å². The topological polar surface area (TPSA) is 20.2 Å². The minimum absolute atomic E-state index is 0.471. The van der Waals surface area contributed by atoms with E-state index in [9.17, 15) is 5.11 Å². The summed E-state index contributed by atoms with van der Waals surface area (Å²) in [5.74, 6) is 0. The van der Waals surface area contributed by atoms with Crippen molar-refractivity contribution in [3.05, 3.63) is 94.5 Å². The van der Waals surface area contributed by atoms with Crippen LogP contribution in [0.15, 0.2) is 83.3 Å². The largest absolute Gasteiger partial charge is 0.388 e. The summed E-state index contributed by atoms with van der Waals surface area (Å²) in [5, 5.41) is 10.4. The summed E-state index contributed by atoms with van der Waals surface area (Å²) in [6.07, 6.45) is 0.166. The van der Waals surface area contributed by atoms with Crippen molar-refractivity contribution < 1.29 is 5.11 Å². The maximum absolute atomic E-state index is 10.4. The Morgan fingerprint density at radius 1 is 0.727 bits per heavy atom. The Hall–Kier alpha value is -1.90. The number of hydrogen-bond donors (Lipinski definition) is 1. The van der Waals surface area contributed by atoms with Gasteiger partial charge in [0, 0.05) is 10.9 Å². The molecule has 1 nitrogen and oxygen atoms in total. The van der Waals surface area contributed by atoms with Crippen molar-refractivity contribution in [1.82, 2.24) is 0 Å². The number of benzene rings is 3. The molecule has 0 amide bonds. The highest BCUT2D eigenvalue weighted by molar-refractivity contribution is 9.10. The predicted octanol–water partition coefficient (Wildman–Crippen LogP) is 5.39. The minimum atomic E-state index is -0.471. The number of hydrogen-bond acceptors (Lipinski definition) is 1. The van der Waals surface area contributed by atoms with E-state index in [0.717, 1.165) is 21.2 Å². The molecule has 0 fully saturated rings. The molecule has 0 aliphatic rings. The highest BCUT2D eigenvalue weighted by Crippen LogP contribution is 2.25. The Bertz CT molecular complexity index is 718. The van der Waals surface area contributed by atoms with Crippen molar-refractivity contribution in [1.29, 1.82) is 0 Å². The lowest BCUT2D eigenvalue weighted by Gasteiger charge is -2.12. The molecular weight excluding hydrogens is 336 g/mol. The quantitative estimate of drug-likeness (QED) is 0.667. The standard InChI is InChI=1S/C20H17BrO/c21-19-12-10-17(11-13-19)16-6-8-18(9-7-16)20(22)14-15-4-2-1-3-5-15/h1-13,20,22H,14H2. The van der Waals surface area contributed by atoms with Gasteiger partial charge < -0.3 is 5.11 Å². The van der Waals surface area contributed by atoms with Crippen molar-refractivity contribution in [3.8, 4) is 11.1 Å². The van der Waals surface area contributed by atoms with Crippen molar-refractivity contribution in [3.63, 3.8) is 0 Å². The average Bonchev–Trinajstić information content (AvgIpc) is 2.57. The molecule has 1 unspecified atom stereocenters. The fraction of sp³-hybridized carbons (Fsp3) is 0.100. The summed E-state index contributed by atoms with van der Waals surface area (Å²) in [6, 6.07) is 26.4. The zero-order chi connectivity index (χ0) is 15.4. The van der Waals surface area contributed by atoms with Crippen LogP contribution < -0.4 is 0 Å². The van der Waals surface area contributed by atoms with Crippen LogP contribution in [0.25, 0.3) is 11.1 Å². The Morgan fingerprint density at radius 3 is 1.86 bits per heavy atom. The van der Waals surface area contributed by atoms with Gasteiger partial charge in [-0.25, -0.2) is 0 Å². The molecule has 0 aliphatic heterocycles. The highest BCUT2D eigenvalue weighted by Gasteiger charge is 2.08. The van der Waals surface area contributed by atoms with E-state index in [1.807, 2.05) is 54.6 Å². The zero-order valence-corrected chi connectivity index (χ0v) is 13.7. The highest BCUT2D eigenvalue weighted by atomic mass is 79.9. The van der Waals surface area contributed by atoms with Gasteiger partial charge in [0.05, 0.1) is 6.10 Å². The Kier molecular flexibility index (Phi) is 4.71. The smallest absolute Gasteiger partial charge is 0.0830 e. The van der Waals surface area contributed by atoms with E-state index in [1.54, 1.807) is 0 Å². The first-order valence-electron chi connectivity index (χ1n) is 7.30. The molecule has 3 aromatic carbocycles. The third-order valence-corrected chi connectivity index (χ3v) is 4.27. The van der Waals surface area contributed by atoms with E-state index in [2.05, 4.69) is 40.2 Å². The summed E-state index contributed by atoms with van der Waals surface area (Å²) >= 11 is 3.45. The minimum Gasteiger partial charge on any atom is -0.388 e. The van der Waals surface area contributed by atoms with Crippen LogP contribution in [0.4, 0.5) is 0 Å². The van der Waals surface area contributed by atoms with Gasteiger partial charge >= 0.3 is 0 Å². The lowest BCUT2D eigenvalue weighted by Crippen LogP contribution is -2.01. The second-order valence-corrected chi connectivity index (χ2v) is 6.25. The number of aliphatic hydroxyl groups excluding tert-OH is 1. The number of halogens is 1. The molecule has 0 bridgehead atoms. The van der Waals surface area contributed by atoms with Gasteiger partial charge in [-0.05, 0) is 34.4 Å². The molecule has 0 heterocycles. The van der Waals surface area contributed by atoms with E-state index in [1.165, 1.54) is 5.56 Å². The molecule has 0 saturated carbocycles. The fourth-order valence-electron chi connectivity index (χ4n) is 2.50. The molecule has 0 radical (unpaired) electrons. The second-order valence-electron chi connectivity index (χ2n) is 5.33. The van der Waals surface area contributed by atoms with E-state index in [4.69, 9.17) is 0 Å². The molecule has 2 heteroatoms.